The van der Waals surface area contributed by atoms with E-state index in [9.17, 15) is 30.6 Å². The molecule has 0 saturated heterocycles. The van der Waals surface area contributed by atoms with E-state index in [4.69, 9.17) is 18.9 Å². The van der Waals surface area contributed by atoms with Crippen molar-refractivity contribution in [3.63, 3.8) is 0 Å². The van der Waals surface area contributed by atoms with E-state index < -0.39 is 12.2 Å². The van der Waals surface area contributed by atoms with Crippen LogP contribution in [0, 0.1) is 41.5 Å². The van der Waals surface area contributed by atoms with Crippen LogP contribution in [0.2, 0.25) is 0 Å². The first kappa shape index (κ1) is 38.6. The molecule has 2 atom stereocenters. The van der Waals surface area contributed by atoms with Gasteiger partial charge in [0.2, 0.25) is 0 Å². The summed E-state index contributed by atoms with van der Waals surface area (Å²) in [6, 6.07) is 15.3. The van der Waals surface area contributed by atoms with Gasteiger partial charge in [0.1, 0.15) is 61.6 Å². The summed E-state index contributed by atoms with van der Waals surface area (Å²) in [6.45, 7) is 10.4. The number of ether oxygens (including phenoxy) is 4. The van der Waals surface area contributed by atoms with Gasteiger partial charge in [-0.05, 0) is 99.2 Å². The van der Waals surface area contributed by atoms with Crippen LogP contribution in [0.4, 0.5) is 0 Å². The van der Waals surface area contributed by atoms with Crippen LogP contribution in [-0.2, 0) is 26.4 Å². The zero-order valence-corrected chi connectivity index (χ0v) is 29.7. The number of hydrogen-bond acceptors (Lipinski definition) is 10. The molecular weight excluding hydrogens is 640 g/mol. The third-order valence-corrected chi connectivity index (χ3v) is 8.39. The van der Waals surface area contributed by atoms with Crippen LogP contribution in [0.25, 0.3) is 11.1 Å². The first-order chi connectivity index (χ1) is 23.9. The Bertz CT molecular complexity index is 1540. The molecule has 0 fully saturated rings. The van der Waals surface area contributed by atoms with Crippen molar-refractivity contribution in [3.05, 3.63) is 104 Å². The van der Waals surface area contributed by atoms with E-state index in [0.29, 0.717) is 45.3 Å². The van der Waals surface area contributed by atoms with Crippen LogP contribution >= 0.6 is 0 Å². The molecule has 0 amide bonds. The van der Waals surface area contributed by atoms with Crippen LogP contribution in [0.1, 0.15) is 55.6 Å². The average Bonchev–Trinajstić information content (AvgIpc) is 3.08. The Morgan fingerprint density at radius 3 is 0.880 bits per heavy atom. The van der Waals surface area contributed by atoms with Crippen molar-refractivity contribution in [1.29, 1.82) is 0 Å². The van der Waals surface area contributed by atoms with Crippen molar-refractivity contribution in [1.82, 2.24) is 0 Å². The third-order valence-electron chi connectivity index (χ3n) is 8.39. The van der Waals surface area contributed by atoms with Gasteiger partial charge >= 0.3 is 0 Å². The topological polar surface area (TPSA) is 158 Å². The summed E-state index contributed by atoms with van der Waals surface area (Å²) in [7, 11) is 0. The molecule has 0 heterocycles. The molecule has 50 heavy (non-hydrogen) atoms. The Balaban J connectivity index is 1.37. The summed E-state index contributed by atoms with van der Waals surface area (Å²) in [6.07, 6.45) is -1.90. The number of aliphatic hydroxyl groups excluding tert-OH is 6. The van der Waals surface area contributed by atoms with Crippen molar-refractivity contribution in [2.75, 3.05) is 26.4 Å². The van der Waals surface area contributed by atoms with Gasteiger partial charge in [0, 0.05) is 22.3 Å². The number of rotatable bonds is 17. The maximum Gasteiger partial charge on any atom is 0.130 e. The van der Waals surface area contributed by atoms with Gasteiger partial charge in [-0.3, -0.25) is 0 Å². The molecule has 4 aromatic rings. The van der Waals surface area contributed by atoms with Gasteiger partial charge < -0.3 is 49.6 Å². The highest BCUT2D eigenvalue weighted by atomic mass is 16.5. The fourth-order valence-electron chi connectivity index (χ4n) is 6.20. The lowest BCUT2D eigenvalue weighted by Crippen LogP contribution is -2.26. The molecule has 0 aliphatic heterocycles. The van der Waals surface area contributed by atoms with Crippen molar-refractivity contribution < 1.29 is 49.6 Å². The summed E-state index contributed by atoms with van der Waals surface area (Å²) in [5.74, 6) is 2.08. The van der Waals surface area contributed by atoms with Crippen LogP contribution in [0.15, 0.2) is 48.5 Å². The predicted octanol–water partition coefficient (Wildman–Crippen LogP) is 4.81. The molecule has 4 aromatic carbocycles. The average molecular weight is 691 g/mol. The molecule has 270 valence electrons. The summed E-state index contributed by atoms with van der Waals surface area (Å²) in [5.41, 5.74) is 9.57. The summed E-state index contributed by atoms with van der Waals surface area (Å²) < 4.78 is 23.7. The van der Waals surface area contributed by atoms with Crippen LogP contribution in [0.5, 0.6) is 23.0 Å². The molecule has 0 spiro atoms. The van der Waals surface area contributed by atoms with E-state index in [2.05, 4.69) is 0 Å². The van der Waals surface area contributed by atoms with E-state index >= 15 is 0 Å². The number of aryl methyl sites for hydroxylation is 6. The van der Waals surface area contributed by atoms with Gasteiger partial charge in [-0.1, -0.05) is 35.4 Å². The van der Waals surface area contributed by atoms with Gasteiger partial charge in [0.05, 0.1) is 26.4 Å². The number of hydrogen-bond donors (Lipinski definition) is 6. The van der Waals surface area contributed by atoms with Crippen LogP contribution in [-0.4, -0.2) is 69.3 Å². The standard InChI is InChI=1S/C40H50O10/c1-23-7-31(15-41)39(32(8-23)16-42)49-21-35(45)19-47-37-25(3)11-29(12-26(37)4)30-13-27(5)38(28(6)14-30)48-20-36(46)22-50-40-33(17-43)9-24(2)10-34(40)18-44/h7-14,35-36,41-46H,15-22H2,1-6H3. The van der Waals surface area contributed by atoms with Gasteiger partial charge in [0.25, 0.3) is 0 Å². The smallest absolute Gasteiger partial charge is 0.130 e. The summed E-state index contributed by atoms with van der Waals surface area (Å²) in [4.78, 5) is 0. The molecule has 6 N–H and O–H groups in total. The Kier molecular flexibility index (Phi) is 13.7. The largest absolute Gasteiger partial charge is 0.490 e. The second-order valence-corrected chi connectivity index (χ2v) is 12.9. The molecule has 10 heteroatoms. The van der Waals surface area contributed by atoms with E-state index in [1.54, 1.807) is 24.3 Å². The van der Waals surface area contributed by atoms with E-state index in [1.165, 1.54) is 0 Å². The SMILES string of the molecule is Cc1cc(CO)c(OCC(O)COc2c(C)cc(-c3cc(C)c(OCC(O)COc4c(CO)cc(C)cc4CO)c(C)c3)cc2C)c(CO)c1. The molecule has 2 unspecified atom stereocenters. The van der Waals surface area contributed by atoms with Crippen molar-refractivity contribution in [3.8, 4) is 34.1 Å². The fourth-order valence-corrected chi connectivity index (χ4v) is 6.20. The predicted molar refractivity (Wildman–Crippen MR) is 191 cm³/mol. The van der Waals surface area contributed by atoms with Gasteiger partial charge in [-0.2, -0.15) is 0 Å². The second kappa shape index (κ2) is 17.7. The van der Waals surface area contributed by atoms with Crippen LogP contribution < -0.4 is 18.9 Å². The maximum atomic E-state index is 10.6. The number of aliphatic hydroxyl groups is 6. The van der Waals surface area contributed by atoms with Gasteiger partial charge in [-0.25, -0.2) is 0 Å². The van der Waals surface area contributed by atoms with E-state index in [-0.39, 0.29) is 52.9 Å². The lowest BCUT2D eigenvalue weighted by molar-refractivity contribution is 0.0604. The fraction of sp³-hybridized carbons (Fsp3) is 0.400. The quantitative estimate of drug-likeness (QED) is 0.0909. The highest BCUT2D eigenvalue weighted by Crippen LogP contribution is 2.35. The molecular formula is C40H50O10. The molecule has 10 nitrogen and oxygen atoms in total. The van der Waals surface area contributed by atoms with E-state index in [1.807, 2.05) is 65.8 Å². The Hall–Kier alpha value is -4.16. The molecule has 4 rings (SSSR count). The normalized spacial score (nSPS) is 12.5. The first-order valence-corrected chi connectivity index (χ1v) is 16.7. The monoisotopic (exact) mass is 690 g/mol. The molecule has 0 saturated carbocycles. The molecule has 0 aliphatic carbocycles. The molecule has 0 radical (unpaired) electrons. The lowest BCUT2D eigenvalue weighted by atomic mass is 9.96. The third kappa shape index (κ3) is 9.54. The minimum Gasteiger partial charge on any atom is -0.490 e. The first-order valence-electron chi connectivity index (χ1n) is 16.7. The minimum absolute atomic E-state index is 0.00678. The summed E-state index contributed by atoms with van der Waals surface area (Å²) in [5, 5.41) is 60.2. The zero-order valence-electron chi connectivity index (χ0n) is 29.7. The zero-order chi connectivity index (χ0) is 36.5. The Morgan fingerprint density at radius 2 is 0.640 bits per heavy atom. The molecule has 0 aromatic heterocycles. The van der Waals surface area contributed by atoms with Crippen molar-refractivity contribution in [2.45, 2.75) is 80.2 Å². The molecule has 0 bridgehead atoms. The van der Waals surface area contributed by atoms with Crippen LogP contribution in [0.3, 0.4) is 0 Å². The highest BCUT2D eigenvalue weighted by molar-refractivity contribution is 5.70. The minimum atomic E-state index is -0.950. The maximum absolute atomic E-state index is 10.6. The van der Waals surface area contributed by atoms with Crippen molar-refractivity contribution >= 4 is 0 Å². The molecule has 0 aliphatic rings. The van der Waals surface area contributed by atoms with E-state index in [0.717, 1.165) is 44.5 Å². The second-order valence-electron chi connectivity index (χ2n) is 12.9. The Morgan fingerprint density at radius 1 is 0.400 bits per heavy atom. The van der Waals surface area contributed by atoms with Gasteiger partial charge in [0.15, 0.2) is 0 Å². The Labute approximate surface area is 294 Å². The van der Waals surface area contributed by atoms with Gasteiger partial charge in [-0.15, -0.1) is 0 Å². The number of benzene rings is 4. The highest BCUT2D eigenvalue weighted by Gasteiger charge is 2.18. The van der Waals surface area contributed by atoms with Crippen molar-refractivity contribution in [2.24, 2.45) is 0 Å². The summed E-state index contributed by atoms with van der Waals surface area (Å²) >= 11 is 0. The lowest BCUT2D eigenvalue weighted by Gasteiger charge is -2.20.